The van der Waals surface area contributed by atoms with E-state index in [4.69, 9.17) is 0 Å². The van der Waals surface area contributed by atoms with Gasteiger partial charge in [0.2, 0.25) is 0 Å². The van der Waals surface area contributed by atoms with E-state index < -0.39 is 0 Å². The summed E-state index contributed by atoms with van der Waals surface area (Å²) in [5.41, 5.74) is 0. The summed E-state index contributed by atoms with van der Waals surface area (Å²) in [6, 6.07) is 0. The fraction of sp³-hybridized carbons (Fsp3) is 1.00. The highest BCUT2D eigenvalue weighted by Crippen LogP contribution is 1.29. The molecule has 0 saturated heterocycles. The molecule has 0 rings (SSSR count). The zero-order chi connectivity index (χ0) is 6.12. The molecule has 0 radical (unpaired) electrons. The molecule has 0 bridgehead atoms. The van der Waals surface area contributed by atoms with Crippen molar-refractivity contribution in [1.29, 1.82) is 0 Å². The van der Waals surface area contributed by atoms with Crippen molar-refractivity contribution in [2.45, 2.75) is 27.7 Å². The molecule has 1 heteroatoms. The van der Waals surface area contributed by atoms with E-state index >= 15 is 0 Å². The molecule has 7 heavy (non-hydrogen) atoms. The van der Waals surface area contributed by atoms with Gasteiger partial charge in [0, 0.05) is 0 Å². The summed E-state index contributed by atoms with van der Waals surface area (Å²) >= 11 is 0. The van der Waals surface area contributed by atoms with E-state index in [1.807, 2.05) is 13.8 Å². The van der Waals surface area contributed by atoms with Crippen LogP contribution in [-0.4, -0.2) is 13.1 Å². The van der Waals surface area contributed by atoms with Crippen LogP contribution in [0.25, 0.3) is 0 Å². The van der Waals surface area contributed by atoms with Crippen LogP contribution in [0.5, 0.6) is 0 Å². The van der Waals surface area contributed by atoms with Gasteiger partial charge in [-0.3, -0.25) is 0 Å². The second kappa shape index (κ2) is 16.7. The fourth-order valence-corrected chi connectivity index (χ4v) is 0.289. The first-order valence-corrected chi connectivity index (χ1v) is 3.23. The first kappa shape index (κ1) is 10.0. The van der Waals surface area contributed by atoms with Crippen molar-refractivity contribution in [3.8, 4) is 0 Å². The van der Waals surface area contributed by atoms with Gasteiger partial charge in [-0.1, -0.05) is 13.8 Å². The molecule has 1 nitrogen and oxygen atoms in total. The molecule has 0 fully saturated rings. The lowest BCUT2D eigenvalue weighted by atomic mass is 10.7. The number of rotatable bonds is 2. The van der Waals surface area contributed by atoms with Gasteiger partial charge in [-0.25, -0.2) is 0 Å². The molecule has 2 N–H and O–H groups in total. The van der Waals surface area contributed by atoms with Crippen molar-refractivity contribution in [3.05, 3.63) is 0 Å². The molecule has 0 spiro atoms. The molecule has 0 atom stereocenters. The first-order chi connectivity index (χ1) is 3.41. The summed E-state index contributed by atoms with van der Waals surface area (Å²) in [4.78, 5) is 0. The molecule has 0 saturated carbocycles. The minimum Gasteiger partial charge on any atom is -0.347 e. The maximum Gasteiger partial charge on any atom is 0.0726 e. The van der Waals surface area contributed by atoms with Crippen LogP contribution in [0.4, 0.5) is 0 Å². The van der Waals surface area contributed by atoms with Crippen LogP contribution in [0.1, 0.15) is 27.7 Å². The lowest BCUT2D eigenvalue weighted by Crippen LogP contribution is -2.82. The molecule has 0 aromatic carbocycles. The Bertz CT molecular complexity index is 11.7. The lowest BCUT2D eigenvalue weighted by Gasteiger charge is -1.83. The molecule has 0 aliphatic carbocycles. The maximum absolute atomic E-state index is 2.25. The van der Waals surface area contributed by atoms with Crippen LogP contribution >= 0.6 is 0 Å². The summed E-state index contributed by atoms with van der Waals surface area (Å²) in [5.74, 6) is 0. The second-order valence-corrected chi connectivity index (χ2v) is 1.11. The van der Waals surface area contributed by atoms with Crippen molar-refractivity contribution in [1.82, 2.24) is 0 Å². The Kier molecular flexibility index (Phi) is 24.0. The van der Waals surface area contributed by atoms with Gasteiger partial charge in [0.05, 0.1) is 13.1 Å². The van der Waals surface area contributed by atoms with Crippen molar-refractivity contribution in [2.75, 3.05) is 13.1 Å². The molecule has 0 aliphatic rings. The molecule has 0 aromatic rings. The zero-order valence-corrected chi connectivity index (χ0v) is 5.99. The Morgan fingerprint density at radius 2 is 1.29 bits per heavy atom. The summed E-state index contributed by atoms with van der Waals surface area (Å²) in [5, 5.41) is 2.25. The Morgan fingerprint density at radius 1 is 1.00 bits per heavy atom. The third kappa shape index (κ3) is 24.3. The summed E-state index contributed by atoms with van der Waals surface area (Å²) in [6.07, 6.45) is 0. The molecule has 46 valence electrons. The van der Waals surface area contributed by atoms with Gasteiger partial charge in [0.1, 0.15) is 0 Å². The van der Waals surface area contributed by atoms with Gasteiger partial charge >= 0.3 is 0 Å². The third-order valence-electron chi connectivity index (χ3n) is 0.577. The van der Waals surface area contributed by atoms with Crippen LogP contribution in [-0.2, 0) is 0 Å². The highest BCUT2D eigenvalue weighted by Gasteiger charge is 1.67. The number of nitrogens with two attached hydrogens (primary N) is 1. The van der Waals surface area contributed by atoms with Crippen molar-refractivity contribution in [3.63, 3.8) is 0 Å². The highest BCUT2D eigenvalue weighted by molar-refractivity contribution is 3.95. The summed E-state index contributed by atoms with van der Waals surface area (Å²) in [7, 11) is 0. The normalized spacial score (nSPS) is 6.86. The van der Waals surface area contributed by atoms with Crippen LogP contribution in [0.15, 0.2) is 0 Å². The van der Waals surface area contributed by atoms with Gasteiger partial charge in [-0.15, -0.1) is 0 Å². The lowest BCUT2D eigenvalue weighted by molar-refractivity contribution is -0.648. The van der Waals surface area contributed by atoms with Gasteiger partial charge < -0.3 is 5.32 Å². The van der Waals surface area contributed by atoms with Crippen molar-refractivity contribution in [2.24, 2.45) is 0 Å². The van der Waals surface area contributed by atoms with Gasteiger partial charge in [0.15, 0.2) is 0 Å². The van der Waals surface area contributed by atoms with Crippen LogP contribution < -0.4 is 5.32 Å². The highest BCUT2D eigenvalue weighted by atomic mass is 14.8. The van der Waals surface area contributed by atoms with Crippen LogP contribution in [0.2, 0.25) is 0 Å². The van der Waals surface area contributed by atoms with Crippen molar-refractivity contribution < 1.29 is 5.32 Å². The molecular formula is C6H18N+. The molecule has 0 aromatic heterocycles. The molecule has 0 aliphatic heterocycles. The molecule has 0 heterocycles. The van der Waals surface area contributed by atoms with E-state index in [-0.39, 0.29) is 0 Å². The summed E-state index contributed by atoms with van der Waals surface area (Å²) in [6.45, 7) is 10.8. The Labute approximate surface area is 47.1 Å². The van der Waals surface area contributed by atoms with E-state index in [0.717, 1.165) is 0 Å². The van der Waals surface area contributed by atoms with E-state index in [1.54, 1.807) is 0 Å². The Morgan fingerprint density at radius 3 is 1.29 bits per heavy atom. The average molecular weight is 104 g/mol. The van der Waals surface area contributed by atoms with Crippen LogP contribution in [0, 0.1) is 0 Å². The van der Waals surface area contributed by atoms with E-state index in [0.29, 0.717) is 0 Å². The predicted octanol–water partition coefficient (Wildman–Crippen LogP) is 0.616. The van der Waals surface area contributed by atoms with E-state index in [9.17, 15) is 0 Å². The SMILES string of the molecule is CC.CC[NH2+]CC. The number of quaternary nitrogens is 1. The Hall–Kier alpha value is -0.0400. The topological polar surface area (TPSA) is 16.6 Å². The molecular weight excluding hydrogens is 86.1 g/mol. The van der Waals surface area contributed by atoms with Crippen LogP contribution in [0.3, 0.4) is 0 Å². The maximum atomic E-state index is 2.25. The molecule has 0 unspecified atom stereocenters. The number of hydrogen-bond donors (Lipinski definition) is 1. The first-order valence-electron chi connectivity index (χ1n) is 3.23. The summed E-state index contributed by atoms with van der Waals surface area (Å²) < 4.78 is 0. The van der Waals surface area contributed by atoms with E-state index in [2.05, 4.69) is 19.2 Å². The quantitative estimate of drug-likeness (QED) is 0.529. The van der Waals surface area contributed by atoms with Gasteiger partial charge in [-0.05, 0) is 13.8 Å². The molecule has 0 amide bonds. The van der Waals surface area contributed by atoms with Gasteiger partial charge in [0.25, 0.3) is 0 Å². The van der Waals surface area contributed by atoms with Gasteiger partial charge in [-0.2, -0.15) is 0 Å². The fourth-order valence-electron chi connectivity index (χ4n) is 0.289. The van der Waals surface area contributed by atoms with E-state index in [1.165, 1.54) is 13.1 Å². The average Bonchev–Trinajstić information content (AvgIpc) is 1.75. The minimum absolute atomic E-state index is 1.22. The number of hydrogen-bond acceptors (Lipinski definition) is 0. The smallest absolute Gasteiger partial charge is 0.0726 e. The zero-order valence-electron chi connectivity index (χ0n) is 5.99. The van der Waals surface area contributed by atoms with Crippen molar-refractivity contribution >= 4 is 0 Å². The predicted molar refractivity (Wildman–Crippen MR) is 34.4 cm³/mol. The third-order valence-corrected chi connectivity index (χ3v) is 0.577. The second-order valence-electron chi connectivity index (χ2n) is 1.11. The minimum atomic E-state index is 1.22. The Balaban J connectivity index is 0. The largest absolute Gasteiger partial charge is 0.347 e. The standard InChI is InChI=1S/C4H11N.C2H6/c1-3-5-4-2;1-2/h5H,3-4H2,1-2H3;1-2H3/p+1. The monoisotopic (exact) mass is 104 g/mol.